The van der Waals surface area contributed by atoms with Crippen LogP contribution < -0.4 is 5.73 Å². The number of allylic oxidation sites excluding steroid dienone is 10. The Morgan fingerprint density at radius 2 is 1.12 bits per heavy atom. The Balaban J connectivity index is 4.54. The minimum Gasteiger partial charge on any atom is -0.480 e. The highest BCUT2D eigenvalue weighted by Gasteiger charge is 2.28. The minimum atomic E-state index is -4.75. The third-order valence-corrected chi connectivity index (χ3v) is 9.96. The molecule has 0 radical (unpaired) electrons. The maximum atomic E-state index is 12.6. The van der Waals surface area contributed by atoms with Crippen molar-refractivity contribution in [2.75, 3.05) is 19.8 Å². The van der Waals surface area contributed by atoms with E-state index in [1.807, 2.05) is 36.5 Å². The lowest BCUT2D eigenvalue weighted by Crippen LogP contribution is -2.34. The summed E-state index contributed by atoms with van der Waals surface area (Å²) in [6.07, 6.45) is 44.2. The summed E-state index contributed by atoms with van der Waals surface area (Å²) in [4.78, 5) is 46.0. The van der Waals surface area contributed by atoms with Crippen molar-refractivity contribution < 1.29 is 52.6 Å². The number of carbonyl (C=O) groups excluding carboxylic acids is 2. The number of carboxylic acid groups (broad SMARTS) is 1. The number of ether oxygens (including phenoxy) is 2. The largest absolute Gasteiger partial charge is 0.480 e. The van der Waals surface area contributed by atoms with Crippen LogP contribution in [0.25, 0.3) is 0 Å². The number of esters is 2. The van der Waals surface area contributed by atoms with Crippen LogP contribution in [-0.4, -0.2) is 71.1 Å². The number of phosphoric ester groups is 1. The van der Waals surface area contributed by atoms with Crippen molar-refractivity contribution in [3.8, 4) is 0 Å². The van der Waals surface area contributed by atoms with E-state index < -0.39 is 63.8 Å². The molecular weight excluding hydrogens is 773 g/mol. The number of carboxylic acids is 1. The predicted octanol–water partition coefficient (Wildman–Crippen LogP) is 10.7. The summed E-state index contributed by atoms with van der Waals surface area (Å²) < 4.78 is 32.6. The van der Waals surface area contributed by atoms with Gasteiger partial charge in [0.25, 0.3) is 0 Å². The van der Waals surface area contributed by atoms with Gasteiger partial charge in [-0.15, -0.1) is 0 Å². The molecule has 0 aliphatic heterocycles. The minimum absolute atomic E-state index is 0.0482. The highest BCUT2D eigenvalue weighted by molar-refractivity contribution is 7.47. The van der Waals surface area contributed by atoms with E-state index in [1.165, 1.54) is 57.8 Å². The number of hydrogen-bond acceptors (Lipinski definition) is 10. The molecule has 0 fully saturated rings. The quantitative estimate of drug-likeness (QED) is 0.0150. The summed E-state index contributed by atoms with van der Waals surface area (Å²) >= 11 is 0. The summed E-state index contributed by atoms with van der Waals surface area (Å²) in [5.74, 6) is -2.52. The first-order valence-corrected chi connectivity index (χ1v) is 23.6. The molecule has 338 valence electrons. The molecule has 59 heavy (non-hydrogen) atoms. The summed E-state index contributed by atoms with van der Waals surface area (Å²) in [7, 11) is -4.75. The molecule has 0 spiro atoms. The number of unbranched alkanes of at least 4 members (excludes halogenated alkanes) is 14. The van der Waals surface area contributed by atoms with Crippen LogP contribution >= 0.6 is 7.82 Å². The summed E-state index contributed by atoms with van der Waals surface area (Å²) in [5.41, 5.74) is 5.32. The first-order valence-electron chi connectivity index (χ1n) is 22.1. The molecule has 0 aromatic carbocycles. The number of rotatable bonds is 40. The second-order valence-electron chi connectivity index (χ2n) is 14.7. The van der Waals surface area contributed by atoms with Crippen molar-refractivity contribution in [1.82, 2.24) is 0 Å². The molecule has 13 heteroatoms. The molecular formula is C46H78NO11P. The van der Waals surface area contributed by atoms with Crippen molar-refractivity contribution in [1.29, 1.82) is 0 Å². The molecule has 0 saturated heterocycles. The van der Waals surface area contributed by atoms with E-state index in [0.717, 1.165) is 44.9 Å². The van der Waals surface area contributed by atoms with E-state index in [9.17, 15) is 28.9 Å². The molecule has 12 nitrogen and oxygen atoms in total. The molecule has 5 N–H and O–H groups in total. The topological polar surface area (TPSA) is 192 Å². The Kier molecular flexibility index (Phi) is 38.2. The number of aliphatic hydroxyl groups is 1. The molecule has 0 saturated carbocycles. The standard InChI is InChI=1S/C46H78NO11P/c1-3-5-7-9-11-12-13-14-15-16-17-18-19-20-24-28-32-36-44(49)55-38-42(39-56-59(53,54)57-40-43(47)46(51)52)58-45(50)37-33-29-25-22-21-23-27-31-35-41(48)34-30-26-10-8-6-4-2/h11-12,14-15,22-23,25-27,30-31,35,41-43,48H,3-10,13,16-21,24,28-29,32-34,36-40,47H2,1-2H3,(H,51,52)(H,53,54)/b12-11-,15-14-,25-22-,27-23-,30-26-,35-31+/t41-,42+,43-/m0/s1. The summed E-state index contributed by atoms with van der Waals surface area (Å²) in [6, 6.07) is -1.54. The van der Waals surface area contributed by atoms with Gasteiger partial charge in [-0.1, -0.05) is 145 Å². The van der Waals surface area contributed by atoms with Crippen LogP contribution in [0.15, 0.2) is 72.9 Å². The summed E-state index contributed by atoms with van der Waals surface area (Å²) in [5, 5.41) is 18.9. The predicted molar refractivity (Wildman–Crippen MR) is 237 cm³/mol. The Hall–Kier alpha value is -3.12. The fourth-order valence-electron chi connectivity index (χ4n) is 5.46. The summed E-state index contributed by atoms with van der Waals surface area (Å²) in [6.45, 7) is 2.59. The lowest BCUT2D eigenvalue weighted by molar-refractivity contribution is -0.161. The highest BCUT2D eigenvalue weighted by atomic mass is 31.2. The van der Waals surface area contributed by atoms with Crippen LogP contribution in [0, 0.1) is 0 Å². The molecule has 0 amide bonds. The third-order valence-electron chi connectivity index (χ3n) is 9.01. The van der Waals surface area contributed by atoms with Crippen LogP contribution in [0.4, 0.5) is 0 Å². The van der Waals surface area contributed by atoms with Crippen molar-refractivity contribution >= 4 is 25.7 Å². The Labute approximate surface area is 355 Å². The molecule has 0 aromatic rings. The van der Waals surface area contributed by atoms with Crippen LogP contribution in [0.3, 0.4) is 0 Å². The van der Waals surface area contributed by atoms with E-state index in [2.05, 4.69) is 48.8 Å². The number of carbonyl (C=O) groups is 3. The van der Waals surface area contributed by atoms with Gasteiger partial charge in [0.15, 0.2) is 6.10 Å². The highest BCUT2D eigenvalue weighted by Crippen LogP contribution is 2.43. The molecule has 0 aliphatic rings. The van der Waals surface area contributed by atoms with E-state index in [1.54, 1.807) is 6.08 Å². The zero-order valence-corrected chi connectivity index (χ0v) is 37.1. The van der Waals surface area contributed by atoms with Gasteiger partial charge in [-0.2, -0.15) is 0 Å². The second-order valence-corrected chi connectivity index (χ2v) is 16.1. The average Bonchev–Trinajstić information content (AvgIpc) is 3.21. The van der Waals surface area contributed by atoms with E-state index in [-0.39, 0.29) is 12.8 Å². The van der Waals surface area contributed by atoms with Crippen molar-refractivity contribution in [2.45, 2.75) is 180 Å². The maximum Gasteiger partial charge on any atom is 0.472 e. The SMILES string of the molecule is CCCCC/C=C\C/C=C\CCCCCCCCCC(=O)OC[C@H](COP(=O)(O)OC[C@H](N)C(=O)O)OC(=O)CCC/C=C\C/C=C\C=C\[C@@H](O)C/C=C\CCCCC. The van der Waals surface area contributed by atoms with Gasteiger partial charge < -0.3 is 30.3 Å². The zero-order valence-electron chi connectivity index (χ0n) is 36.2. The van der Waals surface area contributed by atoms with Crippen LogP contribution in [0.2, 0.25) is 0 Å². The first-order chi connectivity index (χ1) is 28.5. The molecule has 1 unspecified atom stereocenters. The first kappa shape index (κ1) is 55.9. The van der Waals surface area contributed by atoms with Gasteiger partial charge >= 0.3 is 25.7 Å². The Morgan fingerprint density at radius 1 is 0.610 bits per heavy atom. The van der Waals surface area contributed by atoms with Crippen LogP contribution in [0.5, 0.6) is 0 Å². The third kappa shape index (κ3) is 40.1. The van der Waals surface area contributed by atoms with Crippen LogP contribution in [0.1, 0.15) is 162 Å². The molecule has 0 bridgehead atoms. The van der Waals surface area contributed by atoms with E-state index in [0.29, 0.717) is 32.1 Å². The lowest BCUT2D eigenvalue weighted by atomic mass is 10.1. The molecule has 0 rings (SSSR count). The van der Waals surface area contributed by atoms with Crippen molar-refractivity contribution in [3.63, 3.8) is 0 Å². The van der Waals surface area contributed by atoms with Crippen molar-refractivity contribution in [3.05, 3.63) is 72.9 Å². The maximum absolute atomic E-state index is 12.6. The smallest absolute Gasteiger partial charge is 0.472 e. The Morgan fingerprint density at radius 3 is 1.73 bits per heavy atom. The van der Waals surface area contributed by atoms with Gasteiger partial charge in [0, 0.05) is 12.8 Å². The second kappa shape index (κ2) is 40.3. The number of phosphoric acid groups is 1. The Bertz CT molecular complexity index is 1290. The van der Waals surface area contributed by atoms with Gasteiger partial charge in [-0.3, -0.25) is 23.4 Å². The van der Waals surface area contributed by atoms with Gasteiger partial charge in [0.05, 0.1) is 19.3 Å². The van der Waals surface area contributed by atoms with E-state index >= 15 is 0 Å². The van der Waals surface area contributed by atoms with Gasteiger partial charge in [0.2, 0.25) is 0 Å². The van der Waals surface area contributed by atoms with E-state index in [4.69, 9.17) is 24.8 Å². The fourth-order valence-corrected chi connectivity index (χ4v) is 6.24. The number of aliphatic carboxylic acids is 1. The van der Waals surface area contributed by atoms with Gasteiger partial charge in [0.1, 0.15) is 12.6 Å². The zero-order chi connectivity index (χ0) is 43.7. The normalized spacial score (nSPS) is 14.9. The number of aliphatic hydroxyl groups excluding tert-OH is 1. The van der Waals surface area contributed by atoms with Crippen molar-refractivity contribution in [2.24, 2.45) is 5.73 Å². The van der Waals surface area contributed by atoms with Crippen LogP contribution in [-0.2, 0) is 37.5 Å². The molecule has 0 aromatic heterocycles. The van der Waals surface area contributed by atoms with Gasteiger partial charge in [-0.25, -0.2) is 4.57 Å². The lowest BCUT2D eigenvalue weighted by Gasteiger charge is -2.20. The molecule has 0 heterocycles. The fraction of sp³-hybridized carbons (Fsp3) is 0.674. The molecule has 0 aliphatic carbocycles. The molecule has 4 atom stereocenters. The monoisotopic (exact) mass is 852 g/mol. The van der Waals surface area contributed by atoms with Gasteiger partial charge in [-0.05, 0) is 77.0 Å². The number of hydrogen-bond donors (Lipinski definition) is 4. The number of nitrogens with two attached hydrogens (primary N) is 1. The average molecular weight is 852 g/mol.